The van der Waals surface area contributed by atoms with Gasteiger partial charge in [-0.05, 0) is 24.3 Å². The molecule has 1 aliphatic heterocycles. The summed E-state index contributed by atoms with van der Waals surface area (Å²) in [5.74, 6) is 1.61. The Bertz CT molecular complexity index is 447. The summed E-state index contributed by atoms with van der Waals surface area (Å²) in [6, 6.07) is 6.82. The van der Waals surface area contributed by atoms with E-state index in [0.717, 1.165) is 12.2 Å². The van der Waals surface area contributed by atoms with Crippen molar-refractivity contribution >= 4 is 23.4 Å². The molecule has 1 aliphatic rings. The molecule has 0 spiro atoms. The molecule has 0 N–H and O–H groups in total. The minimum Gasteiger partial charge on any atom is -0.366 e. The summed E-state index contributed by atoms with van der Waals surface area (Å²) in [6.45, 7) is 4.88. The van der Waals surface area contributed by atoms with Gasteiger partial charge in [-0.2, -0.15) is 11.8 Å². The molecular weight excluding hydrogens is 275 g/mol. The maximum absolute atomic E-state index is 13.7. The number of anilines is 1. The number of benzene rings is 1. The van der Waals surface area contributed by atoms with Crippen LogP contribution >= 0.6 is 11.8 Å². The number of para-hydroxylation sites is 1. The minimum absolute atomic E-state index is 0.189. The molecule has 1 amide bonds. The van der Waals surface area contributed by atoms with Gasteiger partial charge >= 0.3 is 0 Å². The van der Waals surface area contributed by atoms with Crippen LogP contribution in [-0.2, 0) is 4.79 Å². The zero-order valence-electron chi connectivity index (χ0n) is 11.8. The van der Waals surface area contributed by atoms with E-state index in [0.29, 0.717) is 37.6 Å². The van der Waals surface area contributed by atoms with Gasteiger partial charge in [-0.15, -0.1) is 0 Å². The number of hydrogen-bond donors (Lipinski definition) is 0. The first-order valence-electron chi connectivity index (χ1n) is 7.07. The Hall–Kier alpha value is -1.23. The van der Waals surface area contributed by atoms with E-state index in [9.17, 15) is 9.18 Å². The van der Waals surface area contributed by atoms with E-state index in [4.69, 9.17) is 0 Å². The highest BCUT2D eigenvalue weighted by Gasteiger charge is 2.22. The predicted molar refractivity (Wildman–Crippen MR) is 82.8 cm³/mol. The predicted octanol–water partition coefficient (Wildman–Crippen LogP) is 2.62. The number of nitrogens with zero attached hydrogens (tertiary/aromatic N) is 2. The first-order valence-corrected chi connectivity index (χ1v) is 8.23. The van der Waals surface area contributed by atoms with Gasteiger partial charge in [0.05, 0.1) is 11.4 Å². The molecule has 0 radical (unpaired) electrons. The highest BCUT2D eigenvalue weighted by atomic mass is 32.2. The van der Waals surface area contributed by atoms with Crippen LogP contribution in [0.3, 0.4) is 0 Å². The van der Waals surface area contributed by atoms with Crippen molar-refractivity contribution in [3.05, 3.63) is 30.1 Å². The Kier molecular flexibility index (Phi) is 5.71. The quantitative estimate of drug-likeness (QED) is 0.780. The minimum atomic E-state index is -0.189. The van der Waals surface area contributed by atoms with Crippen LogP contribution in [0.4, 0.5) is 10.1 Å². The number of amides is 1. The summed E-state index contributed by atoms with van der Waals surface area (Å²) in [6.07, 6.45) is 1.10. The summed E-state index contributed by atoms with van der Waals surface area (Å²) in [5.41, 5.74) is 0.639. The van der Waals surface area contributed by atoms with E-state index in [2.05, 4.69) is 6.92 Å². The van der Waals surface area contributed by atoms with Gasteiger partial charge in [0.15, 0.2) is 0 Å². The molecule has 1 saturated heterocycles. The van der Waals surface area contributed by atoms with Gasteiger partial charge in [0, 0.05) is 26.2 Å². The first kappa shape index (κ1) is 15.2. The molecule has 0 aliphatic carbocycles. The number of rotatable bonds is 5. The molecule has 1 fully saturated rings. The number of piperazine rings is 1. The normalized spacial score (nSPS) is 15.5. The van der Waals surface area contributed by atoms with Gasteiger partial charge < -0.3 is 9.80 Å². The highest BCUT2D eigenvalue weighted by molar-refractivity contribution is 7.99. The Morgan fingerprint density at radius 2 is 1.95 bits per heavy atom. The second-order valence-corrected chi connectivity index (χ2v) is 5.98. The van der Waals surface area contributed by atoms with E-state index < -0.39 is 0 Å². The molecule has 3 nitrogen and oxygen atoms in total. The van der Waals surface area contributed by atoms with Gasteiger partial charge in [-0.3, -0.25) is 4.79 Å². The van der Waals surface area contributed by atoms with Crippen molar-refractivity contribution < 1.29 is 9.18 Å². The van der Waals surface area contributed by atoms with Gasteiger partial charge in [-0.1, -0.05) is 19.1 Å². The third kappa shape index (κ3) is 3.88. The Labute approximate surface area is 124 Å². The number of thioether (sulfide) groups is 1. The molecule has 0 bridgehead atoms. The van der Waals surface area contributed by atoms with E-state index in [1.54, 1.807) is 23.9 Å². The fourth-order valence-corrected chi connectivity index (χ4v) is 3.09. The van der Waals surface area contributed by atoms with Crippen LogP contribution in [-0.4, -0.2) is 48.5 Å². The lowest BCUT2D eigenvalue weighted by atomic mass is 10.2. The van der Waals surface area contributed by atoms with E-state index in [-0.39, 0.29) is 11.7 Å². The Balaban J connectivity index is 1.83. The monoisotopic (exact) mass is 296 g/mol. The standard InChI is InChI=1S/C15H21FN2OS/c1-2-11-20-12-15(19)18-9-7-17(8-10-18)14-6-4-3-5-13(14)16/h3-6H,2,7-12H2,1H3. The maximum Gasteiger partial charge on any atom is 0.232 e. The van der Waals surface area contributed by atoms with Crippen molar-refractivity contribution in [2.75, 3.05) is 42.6 Å². The lowest BCUT2D eigenvalue weighted by molar-refractivity contribution is -0.128. The topological polar surface area (TPSA) is 23.6 Å². The fourth-order valence-electron chi connectivity index (χ4n) is 2.30. The summed E-state index contributed by atoms with van der Waals surface area (Å²) in [4.78, 5) is 15.9. The van der Waals surface area contributed by atoms with Crippen molar-refractivity contribution in [3.8, 4) is 0 Å². The summed E-state index contributed by atoms with van der Waals surface area (Å²) in [7, 11) is 0. The van der Waals surface area contributed by atoms with E-state index in [1.165, 1.54) is 6.07 Å². The molecule has 2 rings (SSSR count). The Morgan fingerprint density at radius 1 is 1.25 bits per heavy atom. The zero-order chi connectivity index (χ0) is 14.4. The van der Waals surface area contributed by atoms with Crippen molar-refractivity contribution in [1.29, 1.82) is 0 Å². The van der Waals surface area contributed by atoms with Crippen LogP contribution in [0.2, 0.25) is 0 Å². The largest absolute Gasteiger partial charge is 0.366 e. The van der Waals surface area contributed by atoms with Crippen LogP contribution in [0.25, 0.3) is 0 Å². The molecule has 0 unspecified atom stereocenters. The molecular formula is C15H21FN2OS. The van der Waals surface area contributed by atoms with Crippen LogP contribution in [0.15, 0.2) is 24.3 Å². The molecule has 110 valence electrons. The SMILES string of the molecule is CCCSCC(=O)N1CCN(c2ccccc2F)CC1. The fraction of sp³-hybridized carbons (Fsp3) is 0.533. The summed E-state index contributed by atoms with van der Waals surface area (Å²) >= 11 is 1.69. The molecule has 1 aromatic carbocycles. The molecule has 5 heteroatoms. The number of carbonyl (C=O) groups excluding carboxylic acids is 1. The van der Waals surface area contributed by atoms with Crippen LogP contribution in [0.1, 0.15) is 13.3 Å². The number of carbonyl (C=O) groups is 1. The Morgan fingerprint density at radius 3 is 2.60 bits per heavy atom. The van der Waals surface area contributed by atoms with Crippen molar-refractivity contribution in [2.45, 2.75) is 13.3 Å². The van der Waals surface area contributed by atoms with Crippen molar-refractivity contribution in [1.82, 2.24) is 4.90 Å². The van der Waals surface area contributed by atoms with Crippen LogP contribution in [0.5, 0.6) is 0 Å². The second-order valence-electron chi connectivity index (χ2n) is 4.87. The van der Waals surface area contributed by atoms with Gasteiger partial charge in [0.2, 0.25) is 5.91 Å². The van der Waals surface area contributed by atoms with Crippen LogP contribution in [0, 0.1) is 5.82 Å². The summed E-state index contributed by atoms with van der Waals surface area (Å²) < 4.78 is 13.7. The van der Waals surface area contributed by atoms with Gasteiger partial charge in [0.1, 0.15) is 5.82 Å². The van der Waals surface area contributed by atoms with Crippen molar-refractivity contribution in [2.24, 2.45) is 0 Å². The first-order chi connectivity index (χ1) is 9.72. The number of hydrogen-bond acceptors (Lipinski definition) is 3. The third-order valence-electron chi connectivity index (χ3n) is 3.40. The summed E-state index contributed by atoms with van der Waals surface area (Å²) in [5, 5.41) is 0. The molecule has 20 heavy (non-hydrogen) atoms. The van der Waals surface area contributed by atoms with Gasteiger partial charge in [-0.25, -0.2) is 4.39 Å². The molecule has 1 aromatic rings. The molecule has 1 heterocycles. The zero-order valence-corrected chi connectivity index (χ0v) is 12.7. The van der Waals surface area contributed by atoms with Crippen molar-refractivity contribution in [3.63, 3.8) is 0 Å². The van der Waals surface area contributed by atoms with E-state index >= 15 is 0 Å². The highest BCUT2D eigenvalue weighted by Crippen LogP contribution is 2.20. The lowest BCUT2D eigenvalue weighted by Crippen LogP contribution is -2.49. The average Bonchev–Trinajstić information content (AvgIpc) is 2.48. The van der Waals surface area contributed by atoms with Gasteiger partial charge in [0.25, 0.3) is 0 Å². The number of halogens is 1. The van der Waals surface area contributed by atoms with Crippen LogP contribution < -0.4 is 4.90 Å². The second kappa shape index (κ2) is 7.53. The maximum atomic E-state index is 13.7. The molecule has 0 saturated carbocycles. The smallest absolute Gasteiger partial charge is 0.232 e. The third-order valence-corrected chi connectivity index (χ3v) is 4.55. The lowest BCUT2D eigenvalue weighted by Gasteiger charge is -2.36. The molecule has 0 aromatic heterocycles. The van der Waals surface area contributed by atoms with E-state index in [1.807, 2.05) is 15.9 Å². The average molecular weight is 296 g/mol. The molecule has 0 atom stereocenters.